The van der Waals surface area contributed by atoms with Gasteiger partial charge in [0, 0.05) is 11.5 Å². The summed E-state index contributed by atoms with van der Waals surface area (Å²) in [5.74, 6) is -0.245. The number of hydrogen-bond acceptors (Lipinski definition) is 5. The van der Waals surface area contributed by atoms with Crippen LogP contribution in [0, 0.1) is 0 Å². The highest BCUT2D eigenvalue weighted by Crippen LogP contribution is 2.43. The van der Waals surface area contributed by atoms with Gasteiger partial charge in [-0.25, -0.2) is 0 Å². The van der Waals surface area contributed by atoms with E-state index < -0.39 is 11.2 Å². The molecule has 2 atom stereocenters. The number of carboxylic acid groups (broad SMARTS) is 1. The largest absolute Gasteiger partial charge is 0.486 e. The second kappa shape index (κ2) is 5.44. The molecule has 5 nitrogen and oxygen atoms in total. The molecule has 1 N–H and O–H groups in total. The van der Waals surface area contributed by atoms with Crippen LogP contribution in [0.2, 0.25) is 0 Å². The molecule has 2 heterocycles. The van der Waals surface area contributed by atoms with Crippen LogP contribution in [-0.4, -0.2) is 35.3 Å². The Bertz CT molecular complexity index is 637. The number of allylic oxidation sites excluding steroid dienone is 1. The Balaban J connectivity index is 2.10. The van der Waals surface area contributed by atoms with E-state index in [2.05, 4.69) is 0 Å². The number of carbonyl (C=O) groups is 2. The average molecular weight is 306 g/mol. The number of rotatable bonds is 3. The molecule has 0 saturated carbocycles. The zero-order chi connectivity index (χ0) is 15.0. The van der Waals surface area contributed by atoms with Gasteiger partial charge in [-0.1, -0.05) is 6.08 Å². The van der Waals surface area contributed by atoms with Crippen molar-refractivity contribution in [3.05, 3.63) is 34.7 Å². The van der Waals surface area contributed by atoms with Crippen molar-refractivity contribution in [3.63, 3.8) is 0 Å². The molecule has 21 heavy (non-hydrogen) atoms. The molecular formula is C15H14O5S. The lowest BCUT2D eigenvalue weighted by Gasteiger charge is -2.23. The predicted molar refractivity (Wildman–Crippen MR) is 78.3 cm³/mol. The molecular weight excluding hydrogens is 292 g/mol. The molecule has 0 saturated heterocycles. The fraction of sp³-hybridized carbons (Fsp3) is 0.333. The van der Waals surface area contributed by atoms with Crippen LogP contribution in [-0.2, 0) is 4.79 Å². The topological polar surface area (TPSA) is 72.8 Å². The van der Waals surface area contributed by atoms with E-state index in [1.54, 1.807) is 17.5 Å². The molecule has 1 aromatic rings. The van der Waals surface area contributed by atoms with Gasteiger partial charge in [-0.2, -0.15) is 0 Å². The minimum Gasteiger partial charge on any atom is -0.486 e. The Hall–Kier alpha value is -1.95. The minimum atomic E-state index is -0.889. The van der Waals surface area contributed by atoms with Crippen LogP contribution in [0.3, 0.4) is 0 Å². The lowest BCUT2D eigenvalue weighted by atomic mass is 9.89. The van der Waals surface area contributed by atoms with Crippen molar-refractivity contribution < 1.29 is 24.2 Å². The van der Waals surface area contributed by atoms with E-state index in [0.29, 0.717) is 35.8 Å². The molecule has 0 aromatic heterocycles. The van der Waals surface area contributed by atoms with Crippen LogP contribution >= 0.6 is 11.8 Å². The SMILES string of the molecule is CC(=O)c1cc2c(cc1C1C=CSC1C(=O)O)OCCO2. The van der Waals surface area contributed by atoms with E-state index in [1.807, 2.05) is 6.08 Å². The van der Waals surface area contributed by atoms with Gasteiger partial charge in [-0.3, -0.25) is 9.59 Å². The first-order chi connectivity index (χ1) is 10.1. The quantitative estimate of drug-likeness (QED) is 0.865. The highest BCUT2D eigenvalue weighted by Gasteiger charge is 2.34. The summed E-state index contributed by atoms with van der Waals surface area (Å²) in [6.07, 6.45) is 1.82. The van der Waals surface area contributed by atoms with Crippen molar-refractivity contribution in [2.45, 2.75) is 18.1 Å². The number of ether oxygens (including phenoxy) is 2. The second-order valence-electron chi connectivity index (χ2n) is 4.89. The maximum atomic E-state index is 11.9. The fourth-order valence-electron chi connectivity index (χ4n) is 2.56. The van der Waals surface area contributed by atoms with Crippen molar-refractivity contribution in [3.8, 4) is 11.5 Å². The number of benzene rings is 1. The molecule has 0 radical (unpaired) electrons. The van der Waals surface area contributed by atoms with Crippen molar-refractivity contribution in [2.75, 3.05) is 13.2 Å². The second-order valence-corrected chi connectivity index (χ2v) is 5.94. The zero-order valence-electron chi connectivity index (χ0n) is 11.4. The molecule has 2 aliphatic rings. The Morgan fingerprint density at radius 2 is 1.90 bits per heavy atom. The standard InChI is InChI=1S/C15H14O5S/c1-8(16)10-6-12-13(20-4-3-19-12)7-11(10)9-2-5-21-14(9)15(17)18/h2,5-7,9,14H,3-4H2,1H3,(H,17,18). The summed E-state index contributed by atoms with van der Waals surface area (Å²) in [6, 6.07) is 3.39. The van der Waals surface area contributed by atoms with Crippen molar-refractivity contribution in [1.29, 1.82) is 0 Å². The molecule has 1 aromatic carbocycles. The molecule has 0 bridgehead atoms. The van der Waals surface area contributed by atoms with E-state index in [9.17, 15) is 14.7 Å². The van der Waals surface area contributed by atoms with Crippen LogP contribution in [0.5, 0.6) is 11.5 Å². The normalized spacial score (nSPS) is 23.1. The number of carboxylic acids is 1. The number of Topliss-reactive ketones (excluding diaryl/α,β-unsaturated/α-hetero) is 1. The summed E-state index contributed by atoms with van der Waals surface area (Å²) in [5.41, 5.74) is 1.17. The van der Waals surface area contributed by atoms with Gasteiger partial charge >= 0.3 is 5.97 Å². The number of aliphatic carboxylic acids is 1. The Morgan fingerprint density at radius 1 is 1.24 bits per heavy atom. The van der Waals surface area contributed by atoms with Gasteiger partial charge < -0.3 is 14.6 Å². The minimum absolute atomic E-state index is 0.114. The average Bonchev–Trinajstić information content (AvgIpc) is 2.95. The van der Waals surface area contributed by atoms with Crippen LogP contribution < -0.4 is 9.47 Å². The van der Waals surface area contributed by atoms with Crippen LogP contribution in [0.4, 0.5) is 0 Å². The Labute approximate surface area is 125 Å². The highest BCUT2D eigenvalue weighted by molar-refractivity contribution is 8.03. The third kappa shape index (κ3) is 2.51. The predicted octanol–water partition coefficient (Wildman–Crippen LogP) is 2.46. The van der Waals surface area contributed by atoms with Gasteiger partial charge in [0.25, 0.3) is 0 Å². The van der Waals surface area contributed by atoms with Gasteiger partial charge in [0.15, 0.2) is 17.3 Å². The Kier molecular flexibility index (Phi) is 3.63. The summed E-state index contributed by atoms with van der Waals surface area (Å²) in [6.45, 7) is 2.36. The highest BCUT2D eigenvalue weighted by atomic mass is 32.2. The maximum absolute atomic E-state index is 11.9. The summed E-state index contributed by atoms with van der Waals surface area (Å²) in [4.78, 5) is 23.3. The van der Waals surface area contributed by atoms with Gasteiger partial charge in [0.05, 0.1) is 0 Å². The van der Waals surface area contributed by atoms with Crippen molar-refractivity contribution >= 4 is 23.5 Å². The third-order valence-corrected chi connectivity index (χ3v) is 4.64. The van der Waals surface area contributed by atoms with Crippen molar-refractivity contribution in [1.82, 2.24) is 0 Å². The molecule has 0 amide bonds. The lowest BCUT2D eigenvalue weighted by Crippen LogP contribution is -2.23. The van der Waals surface area contributed by atoms with Gasteiger partial charge in [-0.05, 0) is 30.0 Å². The first kappa shape index (κ1) is 14.0. The molecule has 6 heteroatoms. The number of fused-ring (bicyclic) bond motifs is 1. The maximum Gasteiger partial charge on any atom is 0.317 e. The third-order valence-electron chi connectivity index (χ3n) is 3.53. The van der Waals surface area contributed by atoms with Crippen LogP contribution in [0.15, 0.2) is 23.6 Å². The molecule has 2 unspecified atom stereocenters. The first-order valence-electron chi connectivity index (χ1n) is 6.57. The summed E-state index contributed by atoms with van der Waals surface area (Å²) in [5, 5.41) is 10.5. The van der Waals surface area contributed by atoms with Gasteiger partial charge in [0.1, 0.15) is 18.5 Å². The van der Waals surface area contributed by atoms with E-state index in [0.717, 1.165) is 0 Å². The number of carbonyl (C=O) groups excluding carboxylic acids is 1. The first-order valence-corrected chi connectivity index (χ1v) is 7.51. The molecule has 0 aliphatic carbocycles. The monoisotopic (exact) mass is 306 g/mol. The molecule has 2 aliphatic heterocycles. The molecule has 3 rings (SSSR count). The number of hydrogen-bond donors (Lipinski definition) is 1. The smallest absolute Gasteiger partial charge is 0.317 e. The molecule has 110 valence electrons. The Morgan fingerprint density at radius 3 is 2.52 bits per heavy atom. The lowest BCUT2D eigenvalue weighted by molar-refractivity contribution is -0.136. The van der Waals surface area contributed by atoms with E-state index in [1.165, 1.54) is 18.7 Å². The summed E-state index contributed by atoms with van der Waals surface area (Å²) in [7, 11) is 0. The van der Waals surface area contributed by atoms with Crippen LogP contribution in [0.25, 0.3) is 0 Å². The number of ketones is 1. The zero-order valence-corrected chi connectivity index (χ0v) is 12.2. The fourth-order valence-corrected chi connectivity index (χ4v) is 3.52. The van der Waals surface area contributed by atoms with Crippen molar-refractivity contribution in [2.24, 2.45) is 0 Å². The summed E-state index contributed by atoms with van der Waals surface area (Å²) >= 11 is 1.25. The van der Waals surface area contributed by atoms with Crippen LogP contribution in [0.1, 0.15) is 28.8 Å². The van der Waals surface area contributed by atoms with E-state index in [-0.39, 0.29) is 11.7 Å². The molecule has 0 fully saturated rings. The van der Waals surface area contributed by atoms with E-state index in [4.69, 9.17) is 9.47 Å². The molecule has 0 spiro atoms. The van der Waals surface area contributed by atoms with Gasteiger partial charge in [0.2, 0.25) is 0 Å². The summed E-state index contributed by atoms with van der Waals surface area (Å²) < 4.78 is 11.0. The number of thioether (sulfide) groups is 1. The van der Waals surface area contributed by atoms with E-state index >= 15 is 0 Å². The van der Waals surface area contributed by atoms with Gasteiger partial charge in [-0.15, -0.1) is 11.8 Å².